The molecule has 0 atom stereocenters. The first-order chi connectivity index (χ1) is 39.5. The summed E-state index contributed by atoms with van der Waals surface area (Å²) < 4.78 is 83.4. The van der Waals surface area contributed by atoms with E-state index in [0.717, 1.165) is 114 Å². The molecule has 2 nitrogen and oxygen atoms in total. The van der Waals surface area contributed by atoms with Gasteiger partial charge in [-0.3, -0.25) is 0 Å². The highest BCUT2D eigenvalue weighted by Crippen LogP contribution is 2.43. The van der Waals surface area contributed by atoms with Crippen LogP contribution in [-0.2, 0) is 12.4 Å². The first-order valence-corrected chi connectivity index (χ1v) is 26.9. The SMILES string of the molecule is Cc1cccc(C=CC(=Cc2ccc(N(c3ccc(C(F)(F)F)cc3)c3ccc(-c4ccc(N(c5ccc(C=C(C=Cc6cccc(C)c6)c6ccccc6)cc5)c5ccc(C(F)(F)F)cc5)c(C)c4)cc3C)cc2)c2ccccc2)c1. The van der Waals surface area contributed by atoms with E-state index in [0.29, 0.717) is 11.4 Å². The summed E-state index contributed by atoms with van der Waals surface area (Å²) >= 11 is 0. The first kappa shape index (κ1) is 55.6. The zero-order valence-corrected chi connectivity index (χ0v) is 45.7. The molecule has 0 heterocycles. The van der Waals surface area contributed by atoms with Gasteiger partial charge in [0, 0.05) is 34.1 Å². The van der Waals surface area contributed by atoms with Crippen LogP contribution >= 0.6 is 0 Å². The third kappa shape index (κ3) is 13.5. The highest BCUT2D eigenvalue weighted by Gasteiger charge is 2.31. The molecule has 0 N–H and O–H groups in total. The number of rotatable bonds is 15. The third-order valence-electron chi connectivity index (χ3n) is 14.3. The van der Waals surface area contributed by atoms with Crippen LogP contribution < -0.4 is 9.80 Å². The number of hydrogen-bond acceptors (Lipinski definition) is 2. The van der Waals surface area contributed by atoms with Gasteiger partial charge in [0.25, 0.3) is 0 Å². The Morgan fingerprint density at radius 3 is 0.988 bits per heavy atom. The van der Waals surface area contributed by atoms with Gasteiger partial charge < -0.3 is 9.80 Å². The minimum Gasteiger partial charge on any atom is -0.310 e. The maximum absolute atomic E-state index is 13.9. The zero-order valence-electron chi connectivity index (χ0n) is 45.7. The summed E-state index contributed by atoms with van der Waals surface area (Å²) in [6.07, 6.45) is 3.64. The second kappa shape index (κ2) is 24.4. The van der Waals surface area contributed by atoms with Gasteiger partial charge in [-0.1, -0.05) is 181 Å². The summed E-state index contributed by atoms with van der Waals surface area (Å²) in [6.45, 7) is 8.10. The van der Waals surface area contributed by atoms with E-state index in [1.165, 1.54) is 35.4 Å². The van der Waals surface area contributed by atoms with E-state index in [4.69, 9.17) is 0 Å². The molecule has 0 aliphatic rings. The van der Waals surface area contributed by atoms with Crippen LogP contribution in [0.1, 0.15) is 66.8 Å². The summed E-state index contributed by atoms with van der Waals surface area (Å²) in [5.41, 5.74) is 16.7. The molecule has 0 radical (unpaired) electrons. The van der Waals surface area contributed by atoms with E-state index in [-0.39, 0.29) is 0 Å². The van der Waals surface area contributed by atoms with Gasteiger partial charge in [0.1, 0.15) is 0 Å². The molecule has 82 heavy (non-hydrogen) atoms. The van der Waals surface area contributed by atoms with Crippen LogP contribution in [0.5, 0.6) is 0 Å². The van der Waals surface area contributed by atoms with Crippen LogP contribution in [0.3, 0.4) is 0 Å². The van der Waals surface area contributed by atoms with Crippen molar-refractivity contribution in [3.05, 3.63) is 322 Å². The van der Waals surface area contributed by atoms with Crippen LogP contribution in [0.4, 0.5) is 60.5 Å². The van der Waals surface area contributed by atoms with E-state index in [1.807, 2.05) is 145 Å². The standard InChI is InChI=1S/C74H58F6N2/c1-51-13-11-15-55(45-51)21-27-63(59-17-7-5-8-18-59)49-57-23-35-67(36-24-57)81(69-39-31-65(32-40-69)73(75,76)77)71-43-29-61(47-53(71)3)62-30-44-72(54(4)48-62)82(70-41-33-66(34-42-70)74(78,79)80)68-37-25-58(26-38-68)50-64(60-19-9-6-10-20-60)28-22-56-16-12-14-52(2)46-56/h5-50H,1-4H3. The van der Waals surface area contributed by atoms with Gasteiger partial charge in [-0.05, 0) is 204 Å². The number of halogens is 6. The molecule has 0 saturated carbocycles. The fourth-order valence-corrected chi connectivity index (χ4v) is 10.1. The fourth-order valence-electron chi connectivity index (χ4n) is 10.1. The van der Waals surface area contributed by atoms with Gasteiger partial charge in [-0.25, -0.2) is 0 Å². The number of hydrogen-bond donors (Lipinski definition) is 0. The molecule has 0 aromatic heterocycles. The number of nitrogens with zero attached hydrogens (tertiary/aromatic N) is 2. The number of anilines is 6. The highest BCUT2D eigenvalue weighted by atomic mass is 19.4. The van der Waals surface area contributed by atoms with Crippen molar-refractivity contribution in [3.63, 3.8) is 0 Å². The molecule has 0 spiro atoms. The quantitative estimate of drug-likeness (QED) is 0.0573. The smallest absolute Gasteiger partial charge is 0.310 e. The molecule has 0 bridgehead atoms. The summed E-state index contributed by atoms with van der Waals surface area (Å²) in [5, 5.41) is 0. The van der Waals surface area contributed by atoms with E-state index < -0.39 is 23.5 Å². The predicted molar refractivity (Wildman–Crippen MR) is 330 cm³/mol. The lowest BCUT2D eigenvalue weighted by molar-refractivity contribution is -0.138. The third-order valence-corrected chi connectivity index (χ3v) is 14.3. The molecule has 10 aromatic rings. The van der Waals surface area contributed by atoms with E-state index in [2.05, 4.69) is 123 Å². The fraction of sp³-hybridized carbons (Fsp3) is 0.0811. The second-order valence-corrected chi connectivity index (χ2v) is 20.4. The normalized spacial score (nSPS) is 12.3. The van der Waals surface area contributed by atoms with Crippen molar-refractivity contribution in [3.8, 4) is 11.1 Å². The number of allylic oxidation sites excluding steroid dienone is 4. The monoisotopic (exact) mass is 1090 g/mol. The molecule has 10 rings (SSSR count). The van der Waals surface area contributed by atoms with Crippen molar-refractivity contribution in [1.29, 1.82) is 0 Å². The Labute approximate surface area is 476 Å². The van der Waals surface area contributed by atoms with Crippen LogP contribution in [0.15, 0.2) is 255 Å². The Balaban J connectivity index is 0.978. The van der Waals surface area contributed by atoms with Crippen LogP contribution in [-0.4, -0.2) is 0 Å². The van der Waals surface area contributed by atoms with Crippen molar-refractivity contribution < 1.29 is 26.3 Å². The van der Waals surface area contributed by atoms with Crippen molar-refractivity contribution in [2.75, 3.05) is 9.80 Å². The summed E-state index contributed by atoms with van der Waals surface area (Å²) in [5.74, 6) is 0. The van der Waals surface area contributed by atoms with Gasteiger partial charge in [-0.15, -0.1) is 0 Å². The van der Waals surface area contributed by atoms with Gasteiger partial charge in [0.15, 0.2) is 0 Å². The molecule has 10 aromatic carbocycles. The first-order valence-electron chi connectivity index (χ1n) is 26.9. The largest absolute Gasteiger partial charge is 0.416 e. The highest BCUT2D eigenvalue weighted by molar-refractivity contribution is 5.92. The van der Waals surface area contributed by atoms with Crippen LogP contribution in [0.25, 0.3) is 46.6 Å². The lowest BCUT2D eigenvalue weighted by Crippen LogP contribution is -2.13. The summed E-state index contributed by atoms with van der Waals surface area (Å²) in [4.78, 5) is 3.93. The lowest BCUT2D eigenvalue weighted by Gasteiger charge is -2.28. The molecule has 0 saturated heterocycles. The van der Waals surface area contributed by atoms with Crippen LogP contribution in [0, 0.1) is 27.7 Å². The molecular formula is C74H58F6N2. The van der Waals surface area contributed by atoms with E-state index in [1.54, 1.807) is 0 Å². The molecule has 0 amide bonds. The average molecular weight is 1090 g/mol. The minimum absolute atomic E-state index is 0.553. The van der Waals surface area contributed by atoms with Gasteiger partial charge in [-0.2, -0.15) is 26.3 Å². The summed E-state index contributed by atoms with van der Waals surface area (Å²) in [6, 6.07) is 75.3. The lowest BCUT2D eigenvalue weighted by atomic mass is 9.98. The molecule has 8 heteroatoms. The molecule has 406 valence electrons. The molecular weight excluding hydrogens is 1030 g/mol. The Morgan fingerprint density at radius 2 is 0.671 bits per heavy atom. The van der Waals surface area contributed by atoms with Crippen LogP contribution in [0.2, 0.25) is 0 Å². The second-order valence-electron chi connectivity index (χ2n) is 20.4. The predicted octanol–water partition coefficient (Wildman–Crippen LogP) is 22.1. The Morgan fingerprint density at radius 1 is 0.329 bits per heavy atom. The molecule has 0 aliphatic heterocycles. The van der Waals surface area contributed by atoms with Crippen molar-refractivity contribution >= 4 is 69.6 Å². The number of benzene rings is 10. The van der Waals surface area contributed by atoms with E-state index >= 15 is 0 Å². The van der Waals surface area contributed by atoms with E-state index in [9.17, 15) is 26.3 Å². The molecule has 0 unspecified atom stereocenters. The molecule has 0 fully saturated rings. The summed E-state index contributed by atoms with van der Waals surface area (Å²) in [7, 11) is 0. The van der Waals surface area contributed by atoms with Crippen molar-refractivity contribution in [2.45, 2.75) is 40.0 Å². The van der Waals surface area contributed by atoms with Gasteiger partial charge in [0.05, 0.1) is 11.1 Å². The number of aryl methyl sites for hydroxylation is 4. The zero-order chi connectivity index (χ0) is 57.4. The maximum atomic E-state index is 13.9. The van der Waals surface area contributed by atoms with Crippen molar-refractivity contribution in [2.24, 2.45) is 0 Å². The Bertz CT molecular complexity index is 3690. The minimum atomic E-state index is -4.50. The topological polar surface area (TPSA) is 6.48 Å². The Hall–Kier alpha value is -9.66. The maximum Gasteiger partial charge on any atom is 0.416 e. The average Bonchev–Trinajstić information content (AvgIpc) is 3.62. The Kier molecular flexibility index (Phi) is 16.5. The van der Waals surface area contributed by atoms with Crippen molar-refractivity contribution in [1.82, 2.24) is 0 Å². The van der Waals surface area contributed by atoms with Gasteiger partial charge in [0.2, 0.25) is 0 Å². The van der Waals surface area contributed by atoms with Gasteiger partial charge >= 0.3 is 12.4 Å². The number of alkyl halides is 6. The molecule has 0 aliphatic carbocycles.